The Morgan fingerprint density at radius 2 is 1.03 bits per heavy atom. The summed E-state index contributed by atoms with van der Waals surface area (Å²) in [5, 5.41) is 20.6. The van der Waals surface area contributed by atoms with E-state index in [9.17, 15) is 24.6 Å². The summed E-state index contributed by atoms with van der Waals surface area (Å²) in [7, 11) is 0. The van der Waals surface area contributed by atoms with Crippen LogP contribution in [0, 0.1) is 0 Å². The number of esters is 2. The zero-order valence-electron chi connectivity index (χ0n) is 21.3. The van der Waals surface area contributed by atoms with Gasteiger partial charge in [-0.1, -0.05) is 37.4 Å². The average molecular weight is 527 g/mol. The lowest BCUT2D eigenvalue weighted by molar-refractivity contribution is -0.139. The second-order valence-corrected chi connectivity index (χ2v) is 8.39. The first kappa shape index (κ1) is 30.3. The van der Waals surface area contributed by atoms with Crippen LogP contribution in [0.3, 0.4) is 0 Å². The molecule has 38 heavy (non-hydrogen) atoms. The van der Waals surface area contributed by atoms with Crippen LogP contribution >= 0.6 is 0 Å². The molecule has 0 aromatic heterocycles. The number of rotatable bonds is 18. The molecule has 0 heterocycles. The standard InChI is InChI=1S/C29H34O9/c1-3-28(33)37-15-13-35-26-9-5-21(6-10-26)17-23(30)19-25(32)20-24(31)18-22-7-11-27(12-8-22)36-14-16-38-29(34)4-2/h3-12,23-24,30-31H,1-2,13-20H2. The number of hydrogen-bond donors (Lipinski definition) is 2. The fraction of sp³-hybridized carbons (Fsp3) is 0.345. The summed E-state index contributed by atoms with van der Waals surface area (Å²) in [6, 6.07) is 14.1. The maximum atomic E-state index is 12.3. The second kappa shape index (κ2) is 16.7. The second-order valence-electron chi connectivity index (χ2n) is 8.39. The smallest absolute Gasteiger partial charge is 0.330 e. The van der Waals surface area contributed by atoms with E-state index in [1.807, 2.05) is 0 Å². The highest BCUT2D eigenvalue weighted by atomic mass is 16.6. The number of benzene rings is 2. The van der Waals surface area contributed by atoms with Crippen molar-refractivity contribution < 1.29 is 43.5 Å². The van der Waals surface area contributed by atoms with Gasteiger partial charge in [-0.05, 0) is 48.2 Å². The van der Waals surface area contributed by atoms with E-state index in [2.05, 4.69) is 13.2 Å². The Morgan fingerprint density at radius 1 is 0.658 bits per heavy atom. The monoisotopic (exact) mass is 526 g/mol. The Bertz CT molecular complexity index is 961. The zero-order chi connectivity index (χ0) is 27.8. The molecular formula is C29H34O9. The van der Waals surface area contributed by atoms with Gasteiger partial charge < -0.3 is 29.2 Å². The Hall–Kier alpha value is -3.95. The van der Waals surface area contributed by atoms with Crippen LogP contribution in [-0.4, -0.2) is 66.6 Å². The Kier molecular flexibility index (Phi) is 13.3. The van der Waals surface area contributed by atoms with Crippen molar-refractivity contribution in [2.45, 2.75) is 37.9 Å². The van der Waals surface area contributed by atoms with E-state index in [1.54, 1.807) is 48.5 Å². The van der Waals surface area contributed by atoms with Gasteiger partial charge in [0, 0.05) is 25.0 Å². The molecule has 0 amide bonds. The summed E-state index contributed by atoms with van der Waals surface area (Å²) < 4.78 is 20.6. The van der Waals surface area contributed by atoms with Crippen molar-refractivity contribution in [2.24, 2.45) is 0 Å². The highest BCUT2D eigenvalue weighted by molar-refractivity contribution is 5.81. The van der Waals surface area contributed by atoms with Gasteiger partial charge in [0.15, 0.2) is 0 Å². The van der Waals surface area contributed by atoms with Gasteiger partial charge in [0.25, 0.3) is 0 Å². The molecular weight excluding hydrogens is 492 g/mol. The van der Waals surface area contributed by atoms with E-state index >= 15 is 0 Å². The minimum atomic E-state index is -0.873. The fourth-order valence-corrected chi connectivity index (χ4v) is 3.46. The maximum absolute atomic E-state index is 12.3. The molecule has 0 saturated heterocycles. The van der Waals surface area contributed by atoms with E-state index in [0.717, 1.165) is 23.3 Å². The van der Waals surface area contributed by atoms with Gasteiger partial charge in [-0.2, -0.15) is 0 Å². The number of carbonyl (C=O) groups is 3. The summed E-state index contributed by atoms with van der Waals surface area (Å²) in [5.41, 5.74) is 1.66. The topological polar surface area (TPSA) is 129 Å². The van der Waals surface area contributed by atoms with Gasteiger partial charge in [0.05, 0.1) is 12.2 Å². The molecule has 2 rings (SSSR count). The molecule has 2 aromatic rings. The molecule has 204 valence electrons. The predicted molar refractivity (Wildman–Crippen MR) is 140 cm³/mol. The molecule has 0 radical (unpaired) electrons. The first-order valence-corrected chi connectivity index (χ1v) is 12.2. The zero-order valence-corrected chi connectivity index (χ0v) is 21.3. The Labute approximate surface area is 222 Å². The Balaban J connectivity index is 1.67. The van der Waals surface area contributed by atoms with Crippen molar-refractivity contribution in [1.82, 2.24) is 0 Å². The van der Waals surface area contributed by atoms with Crippen LogP contribution in [0.25, 0.3) is 0 Å². The highest BCUT2D eigenvalue weighted by Crippen LogP contribution is 2.17. The van der Waals surface area contributed by atoms with Crippen LogP contribution < -0.4 is 9.47 Å². The molecule has 2 aromatic carbocycles. The van der Waals surface area contributed by atoms with Crippen molar-refractivity contribution in [2.75, 3.05) is 26.4 Å². The van der Waals surface area contributed by atoms with Crippen molar-refractivity contribution in [1.29, 1.82) is 0 Å². The SMILES string of the molecule is C=CC(=O)OCCOc1ccc(CC(O)CC(=O)CC(O)Cc2ccc(OCCOC(=O)C=C)cc2)cc1. The van der Waals surface area contributed by atoms with E-state index in [4.69, 9.17) is 18.9 Å². The molecule has 0 aliphatic carbocycles. The van der Waals surface area contributed by atoms with E-state index in [-0.39, 0.29) is 57.9 Å². The largest absolute Gasteiger partial charge is 0.490 e. The summed E-state index contributed by atoms with van der Waals surface area (Å²) in [6.07, 6.45) is 0.862. The van der Waals surface area contributed by atoms with Crippen LogP contribution in [0.2, 0.25) is 0 Å². The first-order valence-electron chi connectivity index (χ1n) is 12.2. The average Bonchev–Trinajstić information content (AvgIpc) is 2.90. The molecule has 9 heteroatoms. The predicted octanol–water partition coefficient (Wildman–Crippen LogP) is 2.76. The van der Waals surface area contributed by atoms with Gasteiger partial charge in [0.1, 0.15) is 43.7 Å². The van der Waals surface area contributed by atoms with Crippen LogP contribution in [0.5, 0.6) is 11.5 Å². The quantitative estimate of drug-likeness (QED) is 0.171. The van der Waals surface area contributed by atoms with Crippen LogP contribution in [0.1, 0.15) is 24.0 Å². The lowest BCUT2D eigenvalue weighted by atomic mass is 9.98. The van der Waals surface area contributed by atoms with Crippen molar-refractivity contribution >= 4 is 17.7 Å². The van der Waals surface area contributed by atoms with Crippen LogP contribution in [0.4, 0.5) is 0 Å². The number of hydrogen-bond acceptors (Lipinski definition) is 9. The lowest BCUT2D eigenvalue weighted by Gasteiger charge is -2.14. The number of carbonyl (C=O) groups excluding carboxylic acids is 3. The third-order valence-electron chi connectivity index (χ3n) is 5.24. The number of aliphatic hydroxyl groups is 2. The number of Topliss-reactive ketones (excluding diaryl/α,β-unsaturated/α-hetero) is 1. The molecule has 0 fully saturated rings. The Morgan fingerprint density at radius 3 is 1.37 bits per heavy atom. The number of ketones is 1. The molecule has 2 unspecified atom stereocenters. The molecule has 2 N–H and O–H groups in total. The van der Waals surface area contributed by atoms with Gasteiger partial charge >= 0.3 is 11.9 Å². The van der Waals surface area contributed by atoms with E-state index in [0.29, 0.717) is 11.5 Å². The van der Waals surface area contributed by atoms with Gasteiger partial charge in [-0.15, -0.1) is 0 Å². The third kappa shape index (κ3) is 12.3. The van der Waals surface area contributed by atoms with Crippen LogP contribution in [-0.2, 0) is 36.7 Å². The molecule has 0 saturated carbocycles. The summed E-state index contributed by atoms with van der Waals surface area (Å²) >= 11 is 0. The van der Waals surface area contributed by atoms with Crippen molar-refractivity contribution in [3.63, 3.8) is 0 Å². The summed E-state index contributed by atoms with van der Waals surface area (Å²) in [5.74, 6) is -0.0742. The first-order chi connectivity index (χ1) is 18.3. The molecule has 0 spiro atoms. The normalized spacial score (nSPS) is 12.1. The van der Waals surface area contributed by atoms with Crippen molar-refractivity contribution in [3.05, 3.63) is 85.0 Å². The third-order valence-corrected chi connectivity index (χ3v) is 5.24. The molecule has 0 aliphatic heterocycles. The molecule has 2 atom stereocenters. The highest BCUT2D eigenvalue weighted by Gasteiger charge is 2.16. The lowest BCUT2D eigenvalue weighted by Crippen LogP contribution is -2.21. The van der Waals surface area contributed by atoms with Gasteiger partial charge in [-0.3, -0.25) is 4.79 Å². The van der Waals surface area contributed by atoms with Gasteiger partial charge in [0.2, 0.25) is 0 Å². The molecule has 9 nitrogen and oxygen atoms in total. The van der Waals surface area contributed by atoms with Crippen LogP contribution in [0.15, 0.2) is 73.8 Å². The number of ether oxygens (including phenoxy) is 4. The van der Waals surface area contributed by atoms with E-state index in [1.165, 1.54) is 0 Å². The minimum absolute atomic E-state index is 0.0623. The van der Waals surface area contributed by atoms with Gasteiger partial charge in [-0.25, -0.2) is 9.59 Å². The summed E-state index contributed by atoms with van der Waals surface area (Å²) in [4.78, 5) is 34.3. The summed E-state index contributed by atoms with van der Waals surface area (Å²) in [6.45, 7) is 7.24. The van der Waals surface area contributed by atoms with Crippen molar-refractivity contribution in [3.8, 4) is 11.5 Å². The molecule has 0 bridgehead atoms. The van der Waals surface area contributed by atoms with E-state index < -0.39 is 24.1 Å². The maximum Gasteiger partial charge on any atom is 0.330 e. The fourth-order valence-electron chi connectivity index (χ4n) is 3.46. The molecule has 0 aliphatic rings. The minimum Gasteiger partial charge on any atom is -0.490 e. The number of aliphatic hydroxyl groups excluding tert-OH is 2.